The predicted octanol–water partition coefficient (Wildman–Crippen LogP) is 4.30. The molecule has 35 heavy (non-hydrogen) atoms. The summed E-state index contributed by atoms with van der Waals surface area (Å²) in [7, 11) is 0. The van der Waals surface area contributed by atoms with Crippen molar-refractivity contribution in [2.45, 2.75) is 50.1 Å². The topological polar surface area (TPSA) is 82.9 Å². The van der Waals surface area contributed by atoms with E-state index in [9.17, 15) is 18.8 Å². The first-order valence-corrected chi connectivity index (χ1v) is 12.9. The maximum Gasteiger partial charge on any atom is 0.327 e. The van der Waals surface area contributed by atoms with Gasteiger partial charge in [-0.1, -0.05) is 24.3 Å². The van der Waals surface area contributed by atoms with Gasteiger partial charge in [-0.2, -0.15) is 0 Å². The first-order chi connectivity index (χ1) is 17.0. The minimum atomic E-state index is -0.400. The van der Waals surface area contributed by atoms with Crippen LogP contribution in [-0.2, 0) is 22.7 Å². The maximum absolute atomic E-state index is 14.3. The molecule has 9 heteroatoms. The molecule has 2 aliphatic heterocycles. The number of imide groups is 1. The number of hydrogen-bond acceptors (Lipinski definition) is 5. The van der Waals surface area contributed by atoms with Crippen LogP contribution in [0.3, 0.4) is 0 Å². The predicted molar refractivity (Wildman–Crippen MR) is 129 cm³/mol. The van der Waals surface area contributed by atoms with E-state index in [4.69, 9.17) is 4.42 Å². The van der Waals surface area contributed by atoms with Crippen molar-refractivity contribution in [3.8, 4) is 0 Å². The normalized spacial score (nSPS) is 26.2. The Balaban J connectivity index is 1.20. The second-order valence-electron chi connectivity index (χ2n) is 9.34. The Morgan fingerprint density at radius 3 is 2.66 bits per heavy atom. The summed E-state index contributed by atoms with van der Waals surface area (Å²) in [6.07, 6.45) is 6.40. The third-order valence-electron chi connectivity index (χ3n) is 7.13. The second-order valence-corrected chi connectivity index (χ2v) is 10.4. The van der Waals surface area contributed by atoms with Crippen molar-refractivity contribution in [3.63, 3.8) is 0 Å². The van der Waals surface area contributed by atoms with Crippen LogP contribution in [0.15, 0.2) is 58.6 Å². The molecule has 4 amide bonds. The molecule has 0 bridgehead atoms. The Hall–Kier alpha value is -3.07. The third-order valence-corrected chi connectivity index (χ3v) is 8.22. The molecule has 2 unspecified atom stereocenters. The van der Waals surface area contributed by atoms with Crippen LogP contribution in [0.5, 0.6) is 0 Å². The van der Waals surface area contributed by atoms with Gasteiger partial charge >= 0.3 is 6.03 Å². The van der Waals surface area contributed by atoms with Crippen LogP contribution in [0.4, 0.5) is 9.18 Å². The average molecular weight is 498 g/mol. The van der Waals surface area contributed by atoms with Gasteiger partial charge in [-0.25, -0.2) is 9.18 Å². The maximum atomic E-state index is 14.3. The number of urea groups is 1. The van der Waals surface area contributed by atoms with Crippen LogP contribution in [0, 0.1) is 17.7 Å². The van der Waals surface area contributed by atoms with Crippen LogP contribution in [0.25, 0.3) is 0 Å². The fourth-order valence-electron chi connectivity index (χ4n) is 5.14. The standard InChI is InChI=1S/C26H28FN3O4S/c27-21-6-2-1-4-19(21)16-29-22-11-13-35-23(22)25(32)30(26(29)33)15-17-7-9-18(10-8-17)24(31)28-14-20-5-3-12-34-20/h1-6,11-13,17-18,22-23H,7-10,14-16H2,(H,28,31). The Labute approximate surface area is 207 Å². The van der Waals surface area contributed by atoms with E-state index >= 15 is 0 Å². The van der Waals surface area contributed by atoms with Gasteiger partial charge in [0.25, 0.3) is 0 Å². The molecule has 2 fully saturated rings. The minimum absolute atomic E-state index is 0.0114. The minimum Gasteiger partial charge on any atom is -0.467 e. The molecule has 3 aliphatic rings. The molecule has 5 rings (SSSR count). The van der Waals surface area contributed by atoms with E-state index in [1.807, 2.05) is 17.6 Å². The summed E-state index contributed by atoms with van der Waals surface area (Å²) in [6, 6.07) is 9.28. The molecule has 1 aromatic heterocycles. The number of carbonyl (C=O) groups excluding carboxylic acids is 3. The van der Waals surface area contributed by atoms with Crippen LogP contribution >= 0.6 is 11.8 Å². The average Bonchev–Trinajstić information content (AvgIpc) is 3.57. The number of thioether (sulfide) groups is 1. The lowest BCUT2D eigenvalue weighted by molar-refractivity contribution is -0.132. The number of benzene rings is 1. The highest BCUT2D eigenvalue weighted by atomic mass is 32.2. The fraction of sp³-hybridized carbons (Fsp3) is 0.423. The van der Waals surface area contributed by atoms with Crippen LogP contribution in [0.1, 0.15) is 37.0 Å². The Morgan fingerprint density at radius 2 is 1.91 bits per heavy atom. The largest absolute Gasteiger partial charge is 0.467 e. The molecule has 3 heterocycles. The van der Waals surface area contributed by atoms with Gasteiger partial charge in [-0.3, -0.25) is 14.5 Å². The number of hydrogen-bond donors (Lipinski definition) is 1. The molecule has 2 aromatic rings. The van der Waals surface area contributed by atoms with Gasteiger partial charge in [-0.15, -0.1) is 11.8 Å². The van der Waals surface area contributed by atoms with Crippen molar-refractivity contribution in [1.82, 2.24) is 15.1 Å². The van der Waals surface area contributed by atoms with E-state index in [2.05, 4.69) is 5.32 Å². The first kappa shape index (κ1) is 23.7. The van der Waals surface area contributed by atoms with E-state index in [0.717, 1.165) is 12.8 Å². The lowest BCUT2D eigenvalue weighted by atomic mass is 9.81. The smallest absolute Gasteiger partial charge is 0.327 e. The van der Waals surface area contributed by atoms with Gasteiger partial charge in [-0.05, 0) is 55.2 Å². The van der Waals surface area contributed by atoms with Crippen molar-refractivity contribution in [3.05, 3.63) is 71.3 Å². The molecule has 184 valence electrons. The number of amides is 4. The molecule has 1 aliphatic carbocycles. The number of halogens is 1. The van der Waals surface area contributed by atoms with Gasteiger partial charge in [0.2, 0.25) is 11.8 Å². The lowest BCUT2D eigenvalue weighted by Gasteiger charge is -2.43. The summed E-state index contributed by atoms with van der Waals surface area (Å²) in [5, 5.41) is 4.38. The van der Waals surface area contributed by atoms with E-state index in [-0.39, 0.29) is 48.1 Å². The number of fused-ring (bicyclic) bond motifs is 1. The van der Waals surface area contributed by atoms with E-state index in [1.54, 1.807) is 35.4 Å². The van der Waals surface area contributed by atoms with Crippen molar-refractivity contribution in [1.29, 1.82) is 0 Å². The summed E-state index contributed by atoms with van der Waals surface area (Å²) in [4.78, 5) is 42.1. The molecule has 1 aromatic carbocycles. The van der Waals surface area contributed by atoms with E-state index < -0.39 is 5.25 Å². The summed E-state index contributed by atoms with van der Waals surface area (Å²) >= 11 is 1.41. The van der Waals surface area contributed by atoms with Crippen molar-refractivity contribution in [2.75, 3.05) is 6.54 Å². The highest BCUT2D eigenvalue weighted by Gasteiger charge is 2.48. The van der Waals surface area contributed by atoms with Crippen molar-refractivity contribution >= 4 is 29.6 Å². The lowest BCUT2D eigenvalue weighted by Crippen LogP contribution is -2.62. The number of furan rings is 1. The number of rotatable bonds is 7. The van der Waals surface area contributed by atoms with Crippen molar-refractivity contribution in [2.24, 2.45) is 11.8 Å². The number of nitrogens with zero attached hydrogens (tertiary/aromatic N) is 2. The Morgan fingerprint density at radius 1 is 1.11 bits per heavy atom. The summed E-state index contributed by atoms with van der Waals surface area (Å²) < 4.78 is 19.6. The summed E-state index contributed by atoms with van der Waals surface area (Å²) in [5.74, 6) is 0.245. The van der Waals surface area contributed by atoms with Gasteiger partial charge < -0.3 is 14.6 Å². The number of nitrogens with one attached hydrogen (secondary N) is 1. The monoisotopic (exact) mass is 497 g/mol. The Bertz CT molecular complexity index is 1110. The molecule has 1 saturated carbocycles. The molecular weight excluding hydrogens is 469 g/mol. The first-order valence-electron chi connectivity index (χ1n) is 12.0. The molecule has 7 nitrogen and oxygen atoms in total. The van der Waals surface area contributed by atoms with E-state index in [1.165, 1.54) is 22.7 Å². The van der Waals surface area contributed by atoms with Gasteiger partial charge in [0.15, 0.2) is 0 Å². The van der Waals surface area contributed by atoms with Gasteiger partial charge in [0.05, 0.1) is 25.4 Å². The molecule has 0 radical (unpaired) electrons. The Kier molecular flexibility index (Phi) is 6.95. The third kappa shape index (κ3) is 5.00. The van der Waals surface area contributed by atoms with Crippen LogP contribution in [-0.4, -0.2) is 45.5 Å². The molecule has 1 N–H and O–H groups in total. The van der Waals surface area contributed by atoms with Crippen LogP contribution < -0.4 is 5.32 Å². The van der Waals surface area contributed by atoms with E-state index in [0.29, 0.717) is 37.3 Å². The quantitative estimate of drug-likeness (QED) is 0.617. The molecule has 2 atom stereocenters. The summed E-state index contributed by atoms with van der Waals surface area (Å²) in [6.45, 7) is 0.814. The van der Waals surface area contributed by atoms with Crippen LogP contribution in [0.2, 0.25) is 0 Å². The highest BCUT2D eigenvalue weighted by Crippen LogP contribution is 2.37. The highest BCUT2D eigenvalue weighted by molar-refractivity contribution is 8.03. The zero-order chi connectivity index (χ0) is 24.4. The zero-order valence-corrected chi connectivity index (χ0v) is 20.1. The number of carbonyl (C=O) groups is 3. The second kappa shape index (κ2) is 10.3. The molecule has 0 spiro atoms. The SMILES string of the molecule is O=C(NCc1ccco1)C1CCC(CN2C(=O)C3SC=CC3N(Cc3ccccc3F)C2=O)CC1. The molecular formula is C26H28FN3O4S. The fourth-order valence-corrected chi connectivity index (χ4v) is 6.21. The summed E-state index contributed by atoms with van der Waals surface area (Å²) in [5.41, 5.74) is 0.431. The van der Waals surface area contributed by atoms with Crippen molar-refractivity contribution < 1.29 is 23.2 Å². The van der Waals surface area contributed by atoms with Gasteiger partial charge in [0.1, 0.15) is 16.8 Å². The molecule has 1 saturated heterocycles. The zero-order valence-electron chi connectivity index (χ0n) is 19.3. The van der Waals surface area contributed by atoms with Gasteiger partial charge in [0, 0.05) is 18.0 Å².